The van der Waals surface area contributed by atoms with E-state index in [0.717, 1.165) is 18.5 Å². The Morgan fingerprint density at radius 3 is 2.67 bits per heavy atom. The molecule has 1 saturated carbocycles. The summed E-state index contributed by atoms with van der Waals surface area (Å²) in [4.78, 5) is 18.9. The SMILES string of the molecule is CC(Sc1ncn(-c2ccccc2)n1)C(=O)N(C)C1CCCCC1. The molecule has 1 unspecified atom stereocenters. The number of carbonyl (C=O) groups excluding carboxylic acids is 1. The van der Waals surface area contributed by atoms with E-state index in [2.05, 4.69) is 10.1 Å². The maximum absolute atomic E-state index is 12.7. The molecule has 1 amide bonds. The van der Waals surface area contributed by atoms with E-state index in [9.17, 15) is 4.79 Å². The van der Waals surface area contributed by atoms with E-state index in [0.29, 0.717) is 11.2 Å². The lowest BCUT2D eigenvalue weighted by atomic mass is 9.94. The molecule has 128 valence electrons. The minimum absolute atomic E-state index is 0.169. The number of amides is 1. The summed E-state index contributed by atoms with van der Waals surface area (Å²) < 4.78 is 1.74. The van der Waals surface area contributed by atoms with Crippen LogP contribution in [0.5, 0.6) is 0 Å². The minimum Gasteiger partial charge on any atom is -0.342 e. The molecule has 5 nitrogen and oxygen atoms in total. The number of hydrogen-bond donors (Lipinski definition) is 0. The van der Waals surface area contributed by atoms with Crippen molar-refractivity contribution in [3.05, 3.63) is 36.7 Å². The van der Waals surface area contributed by atoms with Crippen LogP contribution in [-0.2, 0) is 4.79 Å². The molecule has 1 atom stereocenters. The lowest BCUT2D eigenvalue weighted by Gasteiger charge is -2.32. The summed E-state index contributed by atoms with van der Waals surface area (Å²) in [6.07, 6.45) is 7.70. The molecule has 6 heteroatoms. The van der Waals surface area contributed by atoms with Crippen LogP contribution in [0.1, 0.15) is 39.0 Å². The van der Waals surface area contributed by atoms with Crippen LogP contribution in [0.3, 0.4) is 0 Å². The standard InChI is InChI=1S/C18H24N4OS/c1-14(17(23)21(2)15-9-5-3-6-10-15)24-18-19-13-22(20-18)16-11-7-4-8-12-16/h4,7-8,11-15H,3,5-6,9-10H2,1-2H3. The molecular weight excluding hydrogens is 320 g/mol. The summed E-state index contributed by atoms with van der Waals surface area (Å²) in [5.74, 6) is 0.169. The first-order valence-electron chi connectivity index (χ1n) is 8.55. The van der Waals surface area contributed by atoms with E-state index in [1.165, 1.54) is 31.0 Å². The maximum atomic E-state index is 12.7. The molecule has 0 saturated heterocycles. The Hall–Kier alpha value is -1.82. The highest BCUT2D eigenvalue weighted by Crippen LogP contribution is 2.26. The quantitative estimate of drug-likeness (QED) is 0.779. The second-order valence-electron chi connectivity index (χ2n) is 6.31. The number of rotatable bonds is 5. The van der Waals surface area contributed by atoms with E-state index in [1.807, 2.05) is 49.2 Å². The maximum Gasteiger partial charge on any atom is 0.235 e. The van der Waals surface area contributed by atoms with Crippen molar-refractivity contribution in [3.8, 4) is 5.69 Å². The Morgan fingerprint density at radius 2 is 1.96 bits per heavy atom. The van der Waals surface area contributed by atoms with Crippen molar-refractivity contribution in [2.24, 2.45) is 0 Å². The monoisotopic (exact) mass is 344 g/mol. The van der Waals surface area contributed by atoms with Crippen LogP contribution in [0.4, 0.5) is 0 Å². The van der Waals surface area contributed by atoms with E-state index in [-0.39, 0.29) is 11.2 Å². The van der Waals surface area contributed by atoms with Crippen LogP contribution >= 0.6 is 11.8 Å². The number of para-hydroxylation sites is 1. The molecule has 2 aromatic rings. The zero-order valence-corrected chi connectivity index (χ0v) is 15.1. The molecule has 0 N–H and O–H groups in total. The number of hydrogen-bond acceptors (Lipinski definition) is 4. The summed E-state index contributed by atoms with van der Waals surface area (Å²) in [6, 6.07) is 10.3. The second kappa shape index (κ2) is 7.83. The van der Waals surface area contributed by atoms with Crippen molar-refractivity contribution in [1.82, 2.24) is 19.7 Å². The average molecular weight is 344 g/mol. The Labute approximate surface area is 147 Å². The van der Waals surface area contributed by atoms with E-state index >= 15 is 0 Å². The van der Waals surface area contributed by atoms with Gasteiger partial charge in [-0.15, -0.1) is 5.10 Å². The highest BCUT2D eigenvalue weighted by molar-refractivity contribution is 8.00. The van der Waals surface area contributed by atoms with Crippen LogP contribution in [-0.4, -0.2) is 43.9 Å². The van der Waals surface area contributed by atoms with Crippen molar-refractivity contribution >= 4 is 17.7 Å². The van der Waals surface area contributed by atoms with Gasteiger partial charge in [0.05, 0.1) is 10.9 Å². The first-order valence-corrected chi connectivity index (χ1v) is 9.43. The number of thioether (sulfide) groups is 1. The normalized spacial score (nSPS) is 16.8. The van der Waals surface area contributed by atoms with Gasteiger partial charge < -0.3 is 4.90 Å². The van der Waals surface area contributed by atoms with Gasteiger partial charge in [0.2, 0.25) is 11.1 Å². The van der Waals surface area contributed by atoms with Crippen LogP contribution in [0, 0.1) is 0 Å². The number of carbonyl (C=O) groups is 1. The van der Waals surface area contributed by atoms with Gasteiger partial charge in [-0.25, -0.2) is 9.67 Å². The highest BCUT2D eigenvalue weighted by Gasteiger charge is 2.26. The molecule has 3 rings (SSSR count). The first kappa shape index (κ1) is 17.0. The van der Waals surface area contributed by atoms with Gasteiger partial charge >= 0.3 is 0 Å². The fourth-order valence-corrected chi connectivity index (χ4v) is 3.98. The van der Waals surface area contributed by atoms with Crippen LogP contribution in [0.25, 0.3) is 5.69 Å². The zero-order chi connectivity index (χ0) is 16.9. The van der Waals surface area contributed by atoms with Crippen molar-refractivity contribution in [2.45, 2.75) is 55.5 Å². The molecule has 1 aromatic heterocycles. The number of nitrogens with zero attached hydrogens (tertiary/aromatic N) is 4. The van der Waals surface area contributed by atoms with E-state index < -0.39 is 0 Å². The van der Waals surface area contributed by atoms with Crippen molar-refractivity contribution in [1.29, 1.82) is 0 Å². The van der Waals surface area contributed by atoms with Gasteiger partial charge in [0.15, 0.2) is 0 Å². The molecule has 0 aliphatic heterocycles. The average Bonchev–Trinajstić information content (AvgIpc) is 3.10. The third-order valence-corrected chi connectivity index (χ3v) is 5.54. The lowest BCUT2D eigenvalue weighted by Crippen LogP contribution is -2.42. The van der Waals surface area contributed by atoms with Gasteiger partial charge in [-0.2, -0.15) is 0 Å². The molecule has 1 fully saturated rings. The second-order valence-corrected chi connectivity index (χ2v) is 7.62. The molecule has 24 heavy (non-hydrogen) atoms. The van der Waals surface area contributed by atoms with Gasteiger partial charge in [-0.3, -0.25) is 4.79 Å². The molecule has 1 aliphatic rings. The van der Waals surface area contributed by atoms with Crippen molar-refractivity contribution < 1.29 is 4.79 Å². The number of aromatic nitrogens is 3. The topological polar surface area (TPSA) is 51.0 Å². The van der Waals surface area contributed by atoms with Crippen LogP contribution < -0.4 is 0 Å². The Kier molecular flexibility index (Phi) is 5.56. The molecule has 1 aromatic carbocycles. The summed E-state index contributed by atoms with van der Waals surface area (Å²) in [5, 5.41) is 4.93. The molecule has 1 aliphatic carbocycles. The third kappa shape index (κ3) is 3.98. The predicted molar refractivity (Wildman–Crippen MR) is 96.3 cm³/mol. The summed E-state index contributed by atoms with van der Waals surface area (Å²) in [7, 11) is 1.94. The predicted octanol–water partition coefficient (Wildman–Crippen LogP) is 3.54. The van der Waals surface area contributed by atoms with Gasteiger partial charge in [0, 0.05) is 13.1 Å². The number of benzene rings is 1. The highest BCUT2D eigenvalue weighted by atomic mass is 32.2. The summed E-state index contributed by atoms with van der Waals surface area (Å²) in [5.41, 5.74) is 0.968. The van der Waals surface area contributed by atoms with E-state index in [1.54, 1.807) is 11.0 Å². The Morgan fingerprint density at radius 1 is 1.25 bits per heavy atom. The molecule has 0 bridgehead atoms. The van der Waals surface area contributed by atoms with Crippen molar-refractivity contribution in [2.75, 3.05) is 7.05 Å². The Bertz CT molecular complexity index is 667. The smallest absolute Gasteiger partial charge is 0.235 e. The molecule has 0 radical (unpaired) electrons. The fourth-order valence-electron chi connectivity index (χ4n) is 3.15. The Balaban J connectivity index is 1.61. The van der Waals surface area contributed by atoms with Crippen LogP contribution in [0.15, 0.2) is 41.8 Å². The third-order valence-electron chi connectivity index (χ3n) is 4.59. The van der Waals surface area contributed by atoms with E-state index in [4.69, 9.17) is 0 Å². The lowest BCUT2D eigenvalue weighted by molar-refractivity contribution is -0.131. The largest absolute Gasteiger partial charge is 0.342 e. The summed E-state index contributed by atoms with van der Waals surface area (Å²) >= 11 is 1.43. The molecule has 1 heterocycles. The van der Waals surface area contributed by atoms with Gasteiger partial charge in [0.25, 0.3) is 0 Å². The zero-order valence-electron chi connectivity index (χ0n) is 14.3. The molecule has 0 spiro atoms. The fraction of sp³-hybridized carbons (Fsp3) is 0.500. The summed E-state index contributed by atoms with van der Waals surface area (Å²) in [6.45, 7) is 1.94. The van der Waals surface area contributed by atoms with Gasteiger partial charge in [0.1, 0.15) is 6.33 Å². The van der Waals surface area contributed by atoms with Gasteiger partial charge in [-0.05, 0) is 31.9 Å². The van der Waals surface area contributed by atoms with Crippen molar-refractivity contribution in [3.63, 3.8) is 0 Å². The van der Waals surface area contributed by atoms with Gasteiger partial charge in [-0.1, -0.05) is 49.2 Å². The van der Waals surface area contributed by atoms with Crippen LogP contribution in [0.2, 0.25) is 0 Å². The minimum atomic E-state index is -0.177. The molecular formula is C18H24N4OS. The first-order chi connectivity index (χ1) is 11.6.